The van der Waals surface area contributed by atoms with E-state index in [2.05, 4.69) is 17.1 Å². The molecule has 1 saturated carbocycles. The van der Waals surface area contributed by atoms with Gasteiger partial charge in [0.15, 0.2) is 5.82 Å². The van der Waals surface area contributed by atoms with Gasteiger partial charge in [-0.3, -0.25) is 4.79 Å². The highest BCUT2D eigenvalue weighted by Crippen LogP contribution is 2.42. The van der Waals surface area contributed by atoms with Crippen LogP contribution in [0.1, 0.15) is 44.9 Å². The van der Waals surface area contributed by atoms with Gasteiger partial charge in [0.25, 0.3) is 0 Å². The number of hydrogen-bond donors (Lipinski definition) is 2. The summed E-state index contributed by atoms with van der Waals surface area (Å²) >= 11 is 1.11. The molecule has 100 valence electrons. The molecule has 0 atom stereocenters. The molecule has 1 fully saturated rings. The Morgan fingerprint density at radius 2 is 2.17 bits per heavy atom. The second kappa shape index (κ2) is 5.17. The summed E-state index contributed by atoms with van der Waals surface area (Å²) in [5.74, 6) is 5.88. The monoisotopic (exact) mass is 270 g/mol. The van der Waals surface area contributed by atoms with E-state index in [9.17, 15) is 4.79 Å². The summed E-state index contributed by atoms with van der Waals surface area (Å²) in [7, 11) is 0. The number of aromatic nitrogens is 3. The number of aliphatic carboxylic acids is 1. The molecule has 0 amide bonds. The van der Waals surface area contributed by atoms with Crippen molar-refractivity contribution in [2.45, 2.75) is 49.6 Å². The molecule has 0 bridgehead atoms. The Bertz CT molecular complexity index is 440. The van der Waals surface area contributed by atoms with E-state index >= 15 is 0 Å². The fourth-order valence-corrected chi connectivity index (χ4v) is 3.23. The summed E-state index contributed by atoms with van der Waals surface area (Å²) in [6.07, 6.45) is 5.55. The molecule has 0 saturated heterocycles. The number of hydrogen-bond acceptors (Lipinski definition) is 5. The van der Waals surface area contributed by atoms with Crippen molar-refractivity contribution >= 4 is 17.7 Å². The van der Waals surface area contributed by atoms with E-state index in [-0.39, 0.29) is 11.2 Å². The number of carboxylic acids is 1. The minimum absolute atomic E-state index is 0.0315. The highest BCUT2D eigenvalue weighted by molar-refractivity contribution is 7.99. The molecule has 18 heavy (non-hydrogen) atoms. The Balaban J connectivity index is 2.21. The highest BCUT2D eigenvalue weighted by atomic mass is 32.2. The van der Waals surface area contributed by atoms with Crippen LogP contribution in [0.4, 0.5) is 0 Å². The van der Waals surface area contributed by atoms with Crippen LogP contribution in [-0.4, -0.2) is 31.7 Å². The number of nitrogens with zero attached hydrogens (tertiary/aromatic N) is 3. The molecule has 2 rings (SSSR count). The molecule has 0 radical (unpaired) electrons. The lowest BCUT2D eigenvalue weighted by atomic mass is 9.82. The summed E-state index contributed by atoms with van der Waals surface area (Å²) in [5.41, 5.74) is 0.0315. The normalized spacial score (nSPS) is 18.1. The van der Waals surface area contributed by atoms with Crippen LogP contribution in [0.15, 0.2) is 5.16 Å². The Morgan fingerprint density at radius 3 is 2.72 bits per heavy atom. The first-order valence-electron chi connectivity index (χ1n) is 6.14. The minimum atomic E-state index is -0.879. The third kappa shape index (κ3) is 2.31. The van der Waals surface area contributed by atoms with E-state index in [1.54, 1.807) is 0 Å². The second-order valence-corrected chi connectivity index (χ2v) is 5.64. The SMILES string of the molecule is CCC1(c2nnc(SCC(=O)O)n2N)CCCC1. The third-order valence-corrected chi connectivity index (χ3v) is 4.63. The van der Waals surface area contributed by atoms with Crippen molar-refractivity contribution in [2.75, 3.05) is 11.6 Å². The summed E-state index contributed by atoms with van der Waals surface area (Å²) < 4.78 is 1.47. The van der Waals surface area contributed by atoms with Crippen LogP contribution >= 0.6 is 11.8 Å². The topological polar surface area (TPSA) is 94.0 Å². The maximum Gasteiger partial charge on any atom is 0.313 e. The van der Waals surface area contributed by atoms with Crippen molar-refractivity contribution < 1.29 is 9.90 Å². The average Bonchev–Trinajstić information content (AvgIpc) is 2.94. The Morgan fingerprint density at radius 1 is 1.50 bits per heavy atom. The molecule has 1 aromatic rings. The van der Waals surface area contributed by atoms with Crippen LogP contribution in [0.3, 0.4) is 0 Å². The summed E-state index contributed by atoms with van der Waals surface area (Å²) in [5, 5.41) is 17.3. The highest BCUT2D eigenvalue weighted by Gasteiger charge is 2.38. The molecule has 0 aromatic carbocycles. The van der Waals surface area contributed by atoms with Crippen molar-refractivity contribution in [3.05, 3.63) is 5.82 Å². The smallest absolute Gasteiger partial charge is 0.313 e. The average molecular weight is 270 g/mol. The van der Waals surface area contributed by atoms with E-state index in [4.69, 9.17) is 10.9 Å². The molecule has 0 unspecified atom stereocenters. The van der Waals surface area contributed by atoms with Gasteiger partial charge in [-0.1, -0.05) is 31.5 Å². The second-order valence-electron chi connectivity index (χ2n) is 4.70. The number of nitrogens with two attached hydrogens (primary N) is 1. The number of carbonyl (C=O) groups is 1. The first-order chi connectivity index (χ1) is 8.59. The van der Waals surface area contributed by atoms with Crippen molar-refractivity contribution in [3.63, 3.8) is 0 Å². The van der Waals surface area contributed by atoms with Gasteiger partial charge in [0.2, 0.25) is 5.16 Å². The van der Waals surface area contributed by atoms with Gasteiger partial charge < -0.3 is 10.9 Å². The van der Waals surface area contributed by atoms with Gasteiger partial charge >= 0.3 is 5.97 Å². The summed E-state index contributed by atoms with van der Waals surface area (Å²) in [6, 6.07) is 0. The van der Waals surface area contributed by atoms with E-state index in [0.717, 1.165) is 36.8 Å². The van der Waals surface area contributed by atoms with E-state index < -0.39 is 5.97 Å². The molecular weight excluding hydrogens is 252 g/mol. The van der Waals surface area contributed by atoms with Gasteiger partial charge in [-0.05, 0) is 19.3 Å². The molecule has 3 N–H and O–H groups in total. The van der Waals surface area contributed by atoms with Crippen LogP contribution in [-0.2, 0) is 10.2 Å². The molecule has 1 aromatic heterocycles. The van der Waals surface area contributed by atoms with Crippen molar-refractivity contribution in [1.29, 1.82) is 0 Å². The predicted molar refractivity (Wildman–Crippen MR) is 69.0 cm³/mol. The quantitative estimate of drug-likeness (QED) is 0.620. The molecule has 0 aliphatic heterocycles. The summed E-state index contributed by atoms with van der Waals surface area (Å²) in [4.78, 5) is 10.5. The van der Waals surface area contributed by atoms with Crippen LogP contribution in [0.5, 0.6) is 0 Å². The fourth-order valence-electron chi connectivity index (χ4n) is 2.65. The lowest BCUT2D eigenvalue weighted by Gasteiger charge is -2.25. The zero-order valence-electron chi connectivity index (χ0n) is 10.4. The van der Waals surface area contributed by atoms with Gasteiger partial charge in [-0.2, -0.15) is 0 Å². The van der Waals surface area contributed by atoms with E-state index in [0.29, 0.717) is 5.16 Å². The number of nitrogen functional groups attached to an aromatic ring is 1. The summed E-state index contributed by atoms with van der Waals surface area (Å²) in [6.45, 7) is 2.14. The number of rotatable bonds is 5. The molecular formula is C11H18N4O2S. The van der Waals surface area contributed by atoms with Crippen molar-refractivity contribution in [2.24, 2.45) is 0 Å². The maximum atomic E-state index is 10.5. The largest absolute Gasteiger partial charge is 0.481 e. The predicted octanol–water partition coefficient (Wildman–Crippen LogP) is 1.39. The Labute approximate surface area is 110 Å². The minimum Gasteiger partial charge on any atom is -0.481 e. The lowest BCUT2D eigenvalue weighted by molar-refractivity contribution is -0.133. The zero-order valence-corrected chi connectivity index (χ0v) is 11.2. The van der Waals surface area contributed by atoms with Crippen LogP contribution < -0.4 is 5.84 Å². The van der Waals surface area contributed by atoms with Crippen LogP contribution in [0.25, 0.3) is 0 Å². The van der Waals surface area contributed by atoms with Gasteiger partial charge in [-0.25, -0.2) is 4.68 Å². The van der Waals surface area contributed by atoms with Gasteiger partial charge in [0, 0.05) is 5.41 Å². The van der Waals surface area contributed by atoms with Crippen molar-refractivity contribution in [3.8, 4) is 0 Å². The van der Waals surface area contributed by atoms with E-state index in [1.165, 1.54) is 17.5 Å². The molecule has 0 spiro atoms. The van der Waals surface area contributed by atoms with Crippen molar-refractivity contribution in [1.82, 2.24) is 14.9 Å². The number of thioether (sulfide) groups is 1. The van der Waals surface area contributed by atoms with Crippen LogP contribution in [0.2, 0.25) is 0 Å². The Hall–Kier alpha value is -1.24. The molecule has 1 heterocycles. The third-order valence-electron chi connectivity index (χ3n) is 3.70. The molecule has 1 aliphatic carbocycles. The first kappa shape index (κ1) is 13.2. The molecule has 6 nitrogen and oxygen atoms in total. The Kier molecular flexibility index (Phi) is 3.79. The van der Waals surface area contributed by atoms with Gasteiger partial charge in [-0.15, -0.1) is 10.2 Å². The van der Waals surface area contributed by atoms with E-state index in [1.807, 2.05) is 0 Å². The first-order valence-corrected chi connectivity index (χ1v) is 7.13. The van der Waals surface area contributed by atoms with Gasteiger partial charge in [0.1, 0.15) is 0 Å². The molecule has 1 aliphatic rings. The zero-order chi connectivity index (χ0) is 13.2. The maximum absolute atomic E-state index is 10.5. The lowest BCUT2D eigenvalue weighted by Crippen LogP contribution is -2.29. The van der Waals surface area contributed by atoms with Gasteiger partial charge in [0.05, 0.1) is 5.75 Å². The molecule has 7 heteroatoms. The standard InChI is InChI=1S/C11H18N4O2S/c1-2-11(5-3-4-6-11)9-13-14-10(15(9)12)18-7-8(16)17/h2-7,12H2,1H3,(H,16,17). The van der Waals surface area contributed by atoms with Crippen LogP contribution in [0, 0.1) is 0 Å². The number of carboxylic acid groups (broad SMARTS) is 1. The fraction of sp³-hybridized carbons (Fsp3) is 0.727.